The summed E-state index contributed by atoms with van der Waals surface area (Å²) in [5.41, 5.74) is 1.03. The van der Waals surface area contributed by atoms with Crippen molar-refractivity contribution in [3.8, 4) is 0 Å². The van der Waals surface area contributed by atoms with Crippen LogP contribution in [0.15, 0.2) is 40.6 Å². The number of benzene rings is 1. The molecule has 1 fully saturated rings. The Labute approximate surface area is 183 Å². The fraction of sp³-hybridized carbons (Fsp3) is 0.500. The van der Waals surface area contributed by atoms with E-state index in [0.29, 0.717) is 37.3 Å². The van der Waals surface area contributed by atoms with Gasteiger partial charge < -0.3 is 9.64 Å². The molecule has 3 rings (SSSR count). The van der Waals surface area contributed by atoms with Crippen molar-refractivity contribution in [2.24, 2.45) is 0 Å². The van der Waals surface area contributed by atoms with Gasteiger partial charge in [-0.15, -0.1) is 11.3 Å². The zero-order valence-corrected chi connectivity index (χ0v) is 19.5. The molecule has 6 nitrogen and oxygen atoms in total. The molecule has 2 heterocycles. The molecule has 1 aliphatic rings. The highest BCUT2D eigenvalue weighted by atomic mass is 32.2. The number of amides is 1. The van der Waals surface area contributed by atoms with E-state index in [1.807, 2.05) is 31.4 Å². The number of carbonyl (C=O) groups excluding carboxylic acids is 1. The predicted octanol–water partition coefficient (Wildman–Crippen LogP) is 3.91. The van der Waals surface area contributed by atoms with Crippen LogP contribution in [0.5, 0.6) is 0 Å². The highest BCUT2D eigenvalue weighted by Gasteiger charge is 2.27. The molecule has 0 spiro atoms. The maximum atomic E-state index is 13.4. The van der Waals surface area contributed by atoms with Crippen molar-refractivity contribution in [1.82, 2.24) is 9.21 Å². The number of carbonyl (C=O) groups is 1. The lowest BCUT2D eigenvalue weighted by Crippen LogP contribution is -2.37. The Balaban J connectivity index is 1.92. The van der Waals surface area contributed by atoms with E-state index in [4.69, 9.17) is 4.74 Å². The molecule has 1 unspecified atom stereocenters. The Morgan fingerprint density at radius 3 is 2.60 bits per heavy atom. The molecule has 1 atom stereocenters. The largest absolute Gasteiger partial charge is 0.376 e. The lowest BCUT2D eigenvalue weighted by molar-refractivity contribution is 0.0509. The second kappa shape index (κ2) is 10.0. The average Bonchev–Trinajstić information content (AvgIpc) is 3.42. The van der Waals surface area contributed by atoms with Crippen LogP contribution in [0.4, 0.5) is 0 Å². The van der Waals surface area contributed by atoms with Gasteiger partial charge in [-0.1, -0.05) is 26.0 Å². The maximum absolute atomic E-state index is 13.4. The molecule has 0 aliphatic carbocycles. The fourth-order valence-electron chi connectivity index (χ4n) is 3.74. The van der Waals surface area contributed by atoms with Crippen LogP contribution in [0.3, 0.4) is 0 Å². The van der Waals surface area contributed by atoms with Gasteiger partial charge >= 0.3 is 0 Å². The Morgan fingerprint density at radius 2 is 2.00 bits per heavy atom. The zero-order valence-electron chi connectivity index (χ0n) is 17.8. The maximum Gasteiger partial charge on any atom is 0.254 e. The molecular weight excluding hydrogens is 420 g/mol. The third-order valence-corrected chi connectivity index (χ3v) is 8.47. The van der Waals surface area contributed by atoms with E-state index in [2.05, 4.69) is 0 Å². The van der Waals surface area contributed by atoms with Crippen molar-refractivity contribution >= 4 is 27.3 Å². The van der Waals surface area contributed by atoms with Crippen LogP contribution in [0.2, 0.25) is 0 Å². The summed E-state index contributed by atoms with van der Waals surface area (Å²) >= 11 is 1.60. The minimum atomic E-state index is -3.65. The number of aryl methyl sites for hydroxylation is 1. The van der Waals surface area contributed by atoms with Gasteiger partial charge in [0, 0.05) is 36.7 Å². The number of rotatable bonds is 9. The van der Waals surface area contributed by atoms with Gasteiger partial charge in [0.2, 0.25) is 10.0 Å². The molecule has 1 saturated heterocycles. The predicted molar refractivity (Wildman–Crippen MR) is 119 cm³/mol. The average molecular weight is 451 g/mol. The van der Waals surface area contributed by atoms with Gasteiger partial charge in [0.05, 0.1) is 17.5 Å². The highest BCUT2D eigenvalue weighted by Crippen LogP contribution is 2.24. The molecular formula is C22H30N2O4S2. The van der Waals surface area contributed by atoms with E-state index in [1.165, 1.54) is 10.4 Å². The van der Waals surface area contributed by atoms with Gasteiger partial charge in [0.15, 0.2) is 0 Å². The van der Waals surface area contributed by atoms with Crippen LogP contribution < -0.4 is 0 Å². The van der Waals surface area contributed by atoms with E-state index >= 15 is 0 Å². The Kier molecular flexibility index (Phi) is 7.68. The van der Waals surface area contributed by atoms with E-state index in [9.17, 15) is 13.2 Å². The van der Waals surface area contributed by atoms with Crippen LogP contribution in [0.25, 0.3) is 0 Å². The molecule has 30 heavy (non-hydrogen) atoms. The molecule has 0 saturated carbocycles. The number of hydrogen-bond acceptors (Lipinski definition) is 5. The summed E-state index contributed by atoms with van der Waals surface area (Å²) in [6.07, 6.45) is 1.96. The summed E-state index contributed by atoms with van der Waals surface area (Å²) in [5, 5.41) is 1.99. The molecule has 164 valence electrons. The molecule has 0 bridgehead atoms. The van der Waals surface area contributed by atoms with Gasteiger partial charge in [-0.25, -0.2) is 8.42 Å². The molecule has 8 heteroatoms. The van der Waals surface area contributed by atoms with Gasteiger partial charge in [0.1, 0.15) is 0 Å². The first kappa shape index (κ1) is 22.9. The summed E-state index contributed by atoms with van der Waals surface area (Å²) in [7, 11) is -3.65. The fourth-order valence-corrected chi connectivity index (χ4v) is 6.17. The lowest BCUT2D eigenvalue weighted by Gasteiger charge is -2.26. The number of hydrogen-bond donors (Lipinski definition) is 0. The minimum absolute atomic E-state index is 0.0261. The summed E-state index contributed by atoms with van der Waals surface area (Å²) in [5.74, 6) is -0.171. The molecule has 1 aliphatic heterocycles. The van der Waals surface area contributed by atoms with Crippen molar-refractivity contribution in [3.05, 3.63) is 51.7 Å². The van der Waals surface area contributed by atoms with Crippen molar-refractivity contribution in [3.63, 3.8) is 0 Å². The Bertz CT molecular complexity index is 948. The molecule has 0 N–H and O–H groups in total. The number of sulfonamides is 1. The van der Waals surface area contributed by atoms with E-state index < -0.39 is 10.0 Å². The summed E-state index contributed by atoms with van der Waals surface area (Å²) in [6.45, 7) is 7.89. The molecule has 2 aromatic rings. The van der Waals surface area contributed by atoms with Crippen molar-refractivity contribution in [1.29, 1.82) is 0 Å². The minimum Gasteiger partial charge on any atom is -0.376 e. The number of thiophene rings is 1. The normalized spacial score (nSPS) is 16.9. The van der Waals surface area contributed by atoms with Gasteiger partial charge in [-0.05, 0) is 48.9 Å². The summed E-state index contributed by atoms with van der Waals surface area (Å²) in [6, 6.07) is 8.94. The summed E-state index contributed by atoms with van der Waals surface area (Å²) in [4.78, 5) is 16.5. The summed E-state index contributed by atoms with van der Waals surface area (Å²) < 4.78 is 33.3. The van der Waals surface area contributed by atoms with Crippen LogP contribution in [0, 0.1) is 6.92 Å². The van der Waals surface area contributed by atoms with E-state index in [-0.39, 0.29) is 16.9 Å². The van der Waals surface area contributed by atoms with Crippen LogP contribution >= 0.6 is 11.3 Å². The Hall–Kier alpha value is -1.74. The Morgan fingerprint density at radius 1 is 1.23 bits per heavy atom. The third kappa shape index (κ3) is 5.11. The van der Waals surface area contributed by atoms with Gasteiger partial charge in [-0.2, -0.15) is 4.31 Å². The molecule has 1 aromatic heterocycles. The first-order valence-electron chi connectivity index (χ1n) is 10.4. The number of ether oxygens (including phenoxy) is 1. The standard InChI is InChI=1S/C22H30N2O4S2/c1-4-24(5-2)30(26,27)21-14-18(11-10-17(21)3)22(25)23(15-19-8-6-12-28-19)16-20-9-7-13-29-20/h7,9-11,13-14,19H,4-6,8,12,15-16H2,1-3H3. The van der Waals surface area contributed by atoms with Crippen molar-refractivity contribution in [2.75, 3.05) is 26.2 Å². The third-order valence-electron chi connectivity index (χ3n) is 5.42. The highest BCUT2D eigenvalue weighted by molar-refractivity contribution is 7.89. The van der Waals surface area contributed by atoms with Crippen molar-refractivity contribution < 1.29 is 17.9 Å². The molecule has 0 radical (unpaired) electrons. The molecule has 1 aromatic carbocycles. The van der Waals surface area contributed by atoms with Crippen molar-refractivity contribution in [2.45, 2.75) is 51.2 Å². The first-order valence-corrected chi connectivity index (χ1v) is 12.7. The second-order valence-electron chi connectivity index (χ2n) is 7.47. The lowest BCUT2D eigenvalue weighted by atomic mass is 10.1. The quantitative estimate of drug-likeness (QED) is 0.581. The smallest absolute Gasteiger partial charge is 0.254 e. The van der Waals surface area contributed by atoms with Gasteiger partial charge in [-0.3, -0.25) is 4.79 Å². The SMILES string of the molecule is CCN(CC)S(=O)(=O)c1cc(C(=O)N(Cc2cccs2)CC2CCCO2)ccc1C. The van der Waals surface area contributed by atoms with Crippen LogP contribution in [0.1, 0.15) is 47.5 Å². The topological polar surface area (TPSA) is 66.9 Å². The van der Waals surface area contributed by atoms with Crippen LogP contribution in [-0.4, -0.2) is 55.9 Å². The molecule has 1 amide bonds. The van der Waals surface area contributed by atoms with E-state index in [0.717, 1.165) is 24.3 Å². The van der Waals surface area contributed by atoms with Gasteiger partial charge in [0.25, 0.3) is 5.91 Å². The van der Waals surface area contributed by atoms with Crippen LogP contribution in [-0.2, 0) is 21.3 Å². The number of nitrogens with zero attached hydrogens (tertiary/aromatic N) is 2. The van der Waals surface area contributed by atoms with E-state index in [1.54, 1.807) is 35.3 Å². The second-order valence-corrected chi connectivity index (χ2v) is 10.4. The first-order chi connectivity index (χ1) is 14.4. The monoisotopic (exact) mass is 450 g/mol. The zero-order chi connectivity index (χ0) is 21.7.